The monoisotopic (exact) mass is 313 g/mol. The van der Waals surface area contributed by atoms with Crippen molar-refractivity contribution < 1.29 is 4.74 Å². The molecule has 3 heteroatoms. The van der Waals surface area contributed by atoms with Gasteiger partial charge in [-0.1, -0.05) is 35.9 Å². The Morgan fingerprint density at radius 1 is 0.909 bits per heavy atom. The number of ether oxygens (including phenoxy) is 1. The molecule has 2 atom stereocenters. The molecule has 2 unspecified atom stereocenters. The highest BCUT2D eigenvalue weighted by Gasteiger charge is 2.34. The molecule has 1 N–H and O–H groups in total. The van der Waals surface area contributed by atoms with Crippen molar-refractivity contribution in [3.63, 3.8) is 0 Å². The number of rotatable bonds is 3. The number of fused-ring (bicyclic) bond motifs is 2. The lowest BCUT2D eigenvalue weighted by atomic mass is 10.0. The Morgan fingerprint density at radius 3 is 2.32 bits per heavy atom. The average molecular weight is 314 g/mol. The fourth-order valence-electron chi connectivity index (χ4n) is 3.71. The van der Waals surface area contributed by atoms with Gasteiger partial charge in [-0.3, -0.25) is 0 Å². The Morgan fingerprint density at radius 2 is 1.59 bits per heavy atom. The first-order chi connectivity index (χ1) is 10.8. The Labute approximate surface area is 136 Å². The topological polar surface area (TPSA) is 21.3 Å². The molecule has 0 aliphatic carbocycles. The quantitative estimate of drug-likeness (QED) is 0.889. The van der Waals surface area contributed by atoms with E-state index in [0.717, 1.165) is 34.7 Å². The number of piperidine rings is 1. The van der Waals surface area contributed by atoms with Crippen LogP contribution in [0.5, 0.6) is 5.75 Å². The molecule has 0 aromatic heterocycles. The third kappa shape index (κ3) is 2.99. The van der Waals surface area contributed by atoms with Gasteiger partial charge in [0.05, 0.1) is 0 Å². The molecule has 2 fully saturated rings. The summed E-state index contributed by atoms with van der Waals surface area (Å²) in [5, 5.41) is 4.42. The van der Waals surface area contributed by atoms with Crippen LogP contribution in [0.25, 0.3) is 11.1 Å². The summed E-state index contributed by atoms with van der Waals surface area (Å²) in [6.45, 7) is 0. The van der Waals surface area contributed by atoms with Gasteiger partial charge in [0.2, 0.25) is 0 Å². The van der Waals surface area contributed by atoms with Crippen molar-refractivity contribution in [1.29, 1.82) is 0 Å². The van der Waals surface area contributed by atoms with Crippen molar-refractivity contribution in [3.05, 3.63) is 53.6 Å². The zero-order chi connectivity index (χ0) is 14.9. The summed E-state index contributed by atoms with van der Waals surface area (Å²) in [7, 11) is 0. The van der Waals surface area contributed by atoms with E-state index in [1.165, 1.54) is 12.8 Å². The van der Waals surface area contributed by atoms with Gasteiger partial charge in [-0.15, -0.1) is 0 Å². The van der Waals surface area contributed by atoms with Gasteiger partial charge >= 0.3 is 0 Å². The largest absolute Gasteiger partial charge is 0.490 e. The van der Waals surface area contributed by atoms with E-state index >= 15 is 0 Å². The van der Waals surface area contributed by atoms with Crippen molar-refractivity contribution >= 4 is 11.6 Å². The maximum atomic E-state index is 6.26. The third-order valence-electron chi connectivity index (χ3n) is 4.72. The molecule has 2 heterocycles. The number of nitrogens with one attached hydrogen (secondary N) is 1. The predicted molar refractivity (Wildman–Crippen MR) is 90.5 cm³/mol. The molecule has 2 saturated heterocycles. The average Bonchev–Trinajstić information content (AvgIpc) is 2.86. The Hall–Kier alpha value is -1.51. The minimum Gasteiger partial charge on any atom is -0.490 e. The molecule has 114 valence electrons. The highest BCUT2D eigenvalue weighted by atomic mass is 35.5. The van der Waals surface area contributed by atoms with E-state index in [1.807, 2.05) is 18.2 Å². The van der Waals surface area contributed by atoms with Crippen LogP contribution >= 0.6 is 11.6 Å². The van der Waals surface area contributed by atoms with Crippen molar-refractivity contribution in [2.45, 2.75) is 43.9 Å². The van der Waals surface area contributed by atoms with Crippen LogP contribution in [-0.2, 0) is 0 Å². The summed E-state index contributed by atoms with van der Waals surface area (Å²) < 4.78 is 6.26. The minimum absolute atomic E-state index is 0.341. The van der Waals surface area contributed by atoms with Gasteiger partial charge in [0, 0.05) is 17.1 Å². The van der Waals surface area contributed by atoms with Crippen LogP contribution in [0.2, 0.25) is 5.02 Å². The molecular weight excluding hydrogens is 294 g/mol. The lowest BCUT2D eigenvalue weighted by Crippen LogP contribution is -2.42. The van der Waals surface area contributed by atoms with E-state index in [4.69, 9.17) is 16.3 Å². The van der Waals surface area contributed by atoms with Crippen LogP contribution < -0.4 is 10.1 Å². The third-order valence-corrected chi connectivity index (χ3v) is 4.96. The van der Waals surface area contributed by atoms with Crippen molar-refractivity contribution in [3.8, 4) is 16.9 Å². The van der Waals surface area contributed by atoms with Gasteiger partial charge in [-0.2, -0.15) is 0 Å². The van der Waals surface area contributed by atoms with Crippen LogP contribution in [0, 0.1) is 0 Å². The molecule has 2 aliphatic heterocycles. The van der Waals surface area contributed by atoms with Gasteiger partial charge in [0.25, 0.3) is 0 Å². The smallest absolute Gasteiger partial charge is 0.120 e. The molecule has 2 aromatic carbocycles. The molecule has 2 aromatic rings. The molecule has 0 radical (unpaired) electrons. The summed E-state index contributed by atoms with van der Waals surface area (Å²) in [6.07, 6.45) is 5.18. The first kappa shape index (κ1) is 14.1. The lowest BCUT2D eigenvalue weighted by molar-refractivity contribution is 0.137. The highest BCUT2D eigenvalue weighted by Crippen LogP contribution is 2.31. The Balaban J connectivity index is 1.52. The minimum atomic E-state index is 0.341. The second kappa shape index (κ2) is 5.94. The fourth-order valence-corrected chi connectivity index (χ4v) is 3.90. The van der Waals surface area contributed by atoms with Crippen LogP contribution in [-0.4, -0.2) is 18.2 Å². The first-order valence-electron chi connectivity index (χ1n) is 8.05. The maximum Gasteiger partial charge on any atom is 0.120 e. The molecule has 0 saturated carbocycles. The number of halogens is 1. The lowest BCUT2D eigenvalue weighted by Gasteiger charge is -2.29. The van der Waals surface area contributed by atoms with Crippen molar-refractivity contribution in [2.24, 2.45) is 0 Å². The number of hydrogen-bond donors (Lipinski definition) is 1. The molecule has 2 aliphatic rings. The number of hydrogen-bond acceptors (Lipinski definition) is 2. The van der Waals surface area contributed by atoms with Gasteiger partial charge in [-0.05, 0) is 61.1 Å². The summed E-state index contributed by atoms with van der Waals surface area (Å²) in [6, 6.07) is 17.6. The Kier molecular flexibility index (Phi) is 3.81. The first-order valence-corrected chi connectivity index (χ1v) is 8.43. The van der Waals surface area contributed by atoms with Crippen LogP contribution in [0.4, 0.5) is 0 Å². The number of benzene rings is 2. The molecule has 2 nitrogen and oxygen atoms in total. The molecule has 0 spiro atoms. The van der Waals surface area contributed by atoms with E-state index in [9.17, 15) is 0 Å². The summed E-state index contributed by atoms with van der Waals surface area (Å²) >= 11 is 6.09. The highest BCUT2D eigenvalue weighted by molar-refractivity contribution is 6.30. The maximum absolute atomic E-state index is 6.26. The predicted octanol–water partition coefficient (Wildman–Crippen LogP) is 4.67. The van der Waals surface area contributed by atoms with Gasteiger partial charge in [-0.25, -0.2) is 0 Å². The normalized spacial score (nSPS) is 26.9. The molecule has 0 amide bonds. The molecule has 4 rings (SSSR count). The van der Waals surface area contributed by atoms with E-state index in [1.54, 1.807) is 0 Å². The molecular formula is C19H20ClNO. The van der Waals surface area contributed by atoms with Crippen molar-refractivity contribution in [1.82, 2.24) is 5.32 Å². The molecule has 2 bridgehead atoms. The van der Waals surface area contributed by atoms with E-state index in [0.29, 0.717) is 18.2 Å². The van der Waals surface area contributed by atoms with Crippen LogP contribution in [0.1, 0.15) is 25.7 Å². The van der Waals surface area contributed by atoms with Gasteiger partial charge < -0.3 is 10.1 Å². The Bertz CT molecular complexity index is 660. The van der Waals surface area contributed by atoms with E-state index in [-0.39, 0.29) is 0 Å². The van der Waals surface area contributed by atoms with E-state index < -0.39 is 0 Å². The van der Waals surface area contributed by atoms with Gasteiger partial charge in [0.1, 0.15) is 11.9 Å². The van der Waals surface area contributed by atoms with Crippen molar-refractivity contribution in [2.75, 3.05) is 0 Å². The second-order valence-corrected chi connectivity index (χ2v) is 6.82. The van der Waals surface area contributed by atoms with Crippen LogP contribution in [0.3, 0.4) is 0 Å². The fraction of sp³-hybridized carbons (Fsp3) is 0.368. The molecule has 22 heavy (non-hydrogen) atoms. The standard InChI is InChI=1S/C19H20ClNO/c20-15-5-1-3-13(9-15)14-4-2-6-18(10-14)22-19-11-16-7-8-17(12-19)21-16/h1-6,9-10,16-17,19,21H,7-8,11-12H2. The van der Waals surface area contributed by atoms with Crippen LogP contribution in [0.15, 0.2) is 48.5 Å². The van der Waals surface area contributed by atoms with E-state index in [2.05, 4.69) is 35.6 Å². The zero-order valence-corrected chi connectivity index (χ0v) is 13.2. The SMILES string of the molecule is Clc1cccc(-c2cccc(OC3CC4CCC(C3)N4)c2)c1. The second-order valence-electron chi connectivity index (χ2n) is 6.39. The van der Waals surface area contributed by atoms with Gasteiger partial charge in [0.15, 0.2) is 0 Å². The zero-order valence-electron chi connectivity index (χ0n) is 12.5. The summed E-state index contributed by atoms with van der Waals surface area (Å²) in [5.41, 5.74) is 2.28. The summed E-state index contributed by atoms with van der Waals surface area (Å²) in [4.78, 5) is 0. The summed E-state index contributed by atoms with van der Waals surface area (Å²) in [5.74, 6) is 0.962.